The molecule has 0 amide bonds. The molecule has 0 atom stereocenters. The first-order chi connectivity index (χ1) is 8.48. The number of fused-ring (bicyclic) bond motifs is 2. The van der Waals surface area contributed by atoms with E-state index in [0.29, 0.717) is 0 Å². The van der Waals surface area contributed by atoms with E-state index in [9.17, 15) is 0 Å². The van der Waals surface area contributed by atoms with Crippen molar-refractivity contribution in [2.45, 2.75) is 19.3 Å². The second-order valence-corrected chi connectivity index (χ2v) is 6.00. The topological polar surface area (TPSA) is 12.0 Å². The highest BCUT2D eigenvalue weighted by atomic mass is 35.5. The van der Waals surface area contributed by atoms with Gasteiger partial charge in [0.25, 0.3) is 0 Å². The molecule has 1 aliphatic rings. The van der Waals surface area contributed by atoms with E-state index < -0.39 is 0 Å². The highest BCUT2D eigenvalue weighted by Gasteiger charge is 2.32. The normalized spacial score (nSPS) is 15.6. The summed E-state index contributed by atoms with van der Waals surface area (Å²) < 4.78 is 0. The van der Waals surface area contributed by atoms with Crippen LogP contribution in [0.5, 0.6) is 0 Å². The lowest BCUT2D eigenvalue weighted by Crippen LogP contribution is -2.25. The molecule has 0 aliphatic carbocycles. The Morgan fingerprint density at radius 2 is 1.28 bits per heavy atom. The maximum atomic E-state index is 6.11. The quantitative estimate of drug-likeness (QED) is 0.682. The molecule has 1 heterocycles. The Bertz CT molecular complexity index is 579. The summed E-state index contributed by atoms with van der Waals surface area (Å²) in [6.07, 6.45) is 0. The second kappa shape index (κ2) is 3.91. The highest BCUT2D eigenvalue weighted by Crippen LogP contribution is 2.46. The molecule has 0 spiro atoms. The number of anilines is 2. The average Bonchev–Trinajstić information content (AvgIpc) is 2.32. The lowest BCUT2D eigenvalue weighted by Gasteiger charge is -2.35. The fourth-order valence-corrected chi connectivity index (χ4v) is 2.92. The van der Waals surface area contributed by atoms with Crippen molar-refractivity contribution in [2.75, 3.05) is 5.32 Å². The van der Waals surface area contributed by atoms with Crippen molar-refractivity contribution >= 4 is 34.6 Å². The van der Waals surface area contributed by atoms with Crippen LogP contribution in [0.15, 0.2) is 36.4 Å². The van der Waals surface area contributed by atoms with Crippen LogP contribution >= 0.6 is 23.2 Å². The molecule has 1 nitrogen and oxygen atoms in total. The fourth-order valence-electron chi connectivity index (χ4n) is 2.58. The first kappa shape index (κ1) is 11.9. The van der Waals surface area contributed by atoms with Crippen LogP contribution in [0, 0.1) is 0 Å². The molecule has 1 N–H and O–H groups in total. The van der Waals surface area contributed by atoms with E-state index >= 15 is 0 Å². The smallest absolute Gasteiger partial charge is 0.0426 e. The Hall–Kier alpha value is -1.18. The van der Waals surface area contributed by atoms with Crippen LogP contribution in [-0.4, -0.2) is 0 Å². The van der Waals surface area contributed by atoms with Gasteiger partial charge in [-0.2, -0.15) is 0 Å². The van der Waals surface area contributed by atoms with Gasteiger partial charge in [0.2, 0.25) is 0 Å². The van der Waals surface area contributed by atoms with Gasteiger partial charge in [-0.3, -0.25) is 0 Å². The minimum atomic E-state index is -0.105. The second-order valence-electron chi connectivity index (χ2n) is 5.13. The van der Waals surface area contributed by atoms with Gasteiger partial charge in [0.15, 0.2) is 0 Å². The molecule has 92 valence electrons. The summed E-state index contributed by atoms with van der Waals surface area (Å²) >= 11 is 12.2. The zero-order chi connectivity index (χ0) is 12.9. The monoisotopic (exact) mass is 277 g/mol. The average molecular weight is 278 g/mol. The predicted octanol–water partition coefficient (Wildman–Crippen LogP) is 5.38. The first-order valence-electron chi connectivity index (χ1n) is 5.85. The van der Waals surface area contributed by atoms with Crippen LogP contribution in [-0.2, 0) is 5.41 Å². The minimum Gasteiger partial charge on any atom is -0.355 e. The van der Waals surface area contributed by atoms with Gasteiger partial charge < -0.3 is 5.32 Å². The lowest BCUT2D eigenvalue weighted by atomic mass is 9.74. The standard InChI is InChI=1S/C15H13Cl2N/c1-15(2)11-7-9(16)3-5-13(11)18-14-6-4-10(17)8-12(14)15/h3-8,18H,1-2H3. The Morgan fingerprint density at radius 1 is 0.833 bits per heavy atom. The summed E-state index contributed by atoms with van der Waals surface area (Å²) in [6, 6.07) is 11.9. The largest absolute Gasteiger partial charge is 0.355 e. The van der Waals surface area contributed by atoms with Crippen LogP contribution in [0.2, 0.25) is 10.0 Å². The third-order valence-electron chi connectivity index (χ3n) is 3.58. The van der Waals surface area contributed by atoms with Crippen molar-refractivity contribution in [2.24, 2.45) is 0 Å². The van der Waals surface area contributed by atoms with Gasteiger partial charge in [-0.1, -0.05) is 37.0 Å². The third kappa shape index (κ3) is 1.70. The molecule has 3 heteroatoms. The van der Waals surface area contributed by atoms with Gasteiger partial charge in [0.1, 0.15) is 0 Å². The van der Waals surface area contributed by atoms with Gasteiger partial charge in [-0.15, -0.1) is 0 Å². The van der Waals surface area contributed by atoms with Crippen LogP contribution in [0.3, 0.4) is 0 Å². The van der Waals surface area contributed by atoms with E-state index in [2.05, 4.69) is 19.2 Å². The van der Waals surface area contributed by atoms with Gasteiger partial charge in [0.05, 0.1) is 0 Å². The van der Waals surface area contributed by atoms with Crippen LogP contribution in [0.1, 0.15) is 25.0 Å². The summed E-state index contributed by atoms with van der Waals surface area (Å²) in [4.78, 5) is 0. The number of halogens is 2. The molecule has 1 aliphatic heterocycles. The summed E-state index contributed by atoms with van der Waals surface area (Å²) in [6.45, 7) is 4.39. The number of nitrogens with one attached hydrogen (secondary N) is 1. The molecule has 0 saturated heterocycles. The summed E-state index contributed by atoms with van der Waals surface area (Å²) in [5.41, 5.74) is 4.51. The first-order valence-corrected chi connectivity index (χ1v) is 6.61. The maximum Gasteiger partial charge on any atom is 0.0426 e. The van der Waals surface area contributed by atoms with E-state index in [0.717, 1.165) is 21.4 Å². The van der Waals surface area contributed by atoms with Crippen LogP contribution in [0.25, 0.3) is 0 Å². The molecule has 0 bridgehead atoms. The Balaban J connectivity index is 2.27. The zero-order valence-electron chi connectivity index (χ0n) is 10.2. The molecule has 0 fully saturated rings. The number of hydrogen-bond acceptors (Lipinski definition) is 1. The van der Waals surface area contributed by atoms with E-state index in [1.165, 1.54) is 11.1 Å². The Labute approximate surface area is 117 Å². The molecule has 0 radical (unpaired) electrons. The molecular weight excluding hydrogens is 265 g/mol. The number of rotatable bonds is 0. The summed E-state index contributed by atoms with van der Waals surface area (Å²) in [5, 5.41) is 4.95. The molecule has 2 aromatic carbocycles. The molecule has 0 unspecified atom stereocenters. The minimum absolute atomic E-state index is 0.105. The van der Waals surface area contributed by atoms with E-state index in [1.807, 2.05) is 36.4 Å². The van der Waals surface area contributed by atoms with Crippen LogP contribution < -0.4 is 5.32 Å². The zero-order valence-corrected chi connectivity index (χ0v) is 11.7. The SMILES string of the molecule is CC1(C)c2cc(Cl)ccc2Nc2ccc(Cl)cc21. The lowest BCUT2D eigenvalue weighted by molar-refractivity contribution is 0.638. The van der Waals surface area contributed by atoms with Crippen molar-refractivity contribution in [3.8, 4) is 0 Å². The third-order valence-corrected chi connectivity index (χ3v) is 4.05. The molecule has 18 heavy (non-hydrogen) atoms. The summed E-state index contributed by atoms with van der Waals surface area (Å²) in [7, 11) is 0. The maximum absolute atomic E-state index is 6.11. The number of hydrogen-bond donors (Lipinski definition) is 1. The highest BCUT2D eigenvalue weighted by molar-refractivity contribution is 6.31. The van der Waals surface area contributed by atoms with Gasteiger partial charge in [-0.05, 0) is 47.5 Å². The fraction of sp³-hybridized carbons (Fsp3) is 0.200. The molecular formula is C15H13Cl2N. The van der Waals surface area contributed by atoms with Crippen molar-refractivity contribution in [3.63, 3.8) is 0 Å². The van der Waals surface area contributed by atoms with E-state index in [4.69, 9.17) is 23.2 Å². The van der Waals surface area contributed by atoms with Crippen LogP contribution in [0.4, 0.5) is 11.4 Å². The van der Waals surface area contributed by atoms with Gasteiger partial charge >= 0.3 is 0 Å². The Kier molecular flexibility index (Phi) is 2.58. The predicted molar refractivity (Wildman–Crippen MR) is 78.3 cm³/mol. The number of benzene rings is 2. The van der Waals surface area contributed by atoms with E-state index in [-0.39, 0.29) is 5.41 Å². The molecule has 3 rings (SSSR count). The van der Waals surface area contributed by atoms with Crippen molar-refractivity contribution < 1.29 is 0 Å². The summed E-state index contributed by atoms with van der Waals surface area (Å²) in [5.74, 6) is 0. The molecule has 0 saturated carbocycles. The van der Waals surface area contributed by atoms with Crippen molar-refractivity contribution in [1.82, 2.24) is 0 Å². The molecule has 0 aromatic heterocycles. The Morgan fingerprint density at radius 3 is 1.72 bits per heavy atom. The van der Waals surface area contributed by atoms with Gasteiger partial charge in [0, 0.05) is 26.8 Å². The van der Waals surface area contributed by atoms with Crippen molar-refractivity contribution in [1.29, 1.82) is 0 Å². The molecule has 2 aromatic rings. The van der Waals surface area contributed by atoms with Crippen molar-refractivity contribution in [3.05, 3.63) is 57.6 Å². The van der Waals surface area contributed by atoms with E-state index in [1.54, 1.807) is 0 Å². The van der Waals surface area contributed by atoms with Gasteiger partial charge in [-0.25, -0.2) is 0 Å².